The maximum atomic E-state index is 12.6. The van der Waals surface area contributed by atoms with Gasteiger partial charge >= 0.3 is 12.1 Å². The van der Waals surface area contributed by atoms with Gasteiger partial charge in [0.05, 0.1) is 12.7 Å². The standard InChI is InChI=1S/C14H15F3O3/c1-3-4-9(7-13(18)19)11-6-5-10(14(15,16)17)8-12(11)20-2/h5-8H,3-4H2,1-2H3,(H,18,19)/b9-7+. The molecule has 1 N–H and O–H groups in total. The lowest BCUT2D eigenvalue weighted by atomic mass is 9.98. The number of benzene rings is 1. The van der Waals surface area contributed by atoms with Crippen molar-refractivity contribution in [2.45, 2.75) is 25.9 Å². The average molecular weight is 288 g/mol. The van der Waals surface area contributed by atoms with E-state index in [4.69, 9.17) is 9.84 Å². The van der Waals surface area contributed by atoms with Crippen LogP contribution in [0.4, 0.5) is 13.2 Å². The number of hydrogen-bond acceptors (Lipinski definition) is 2. The summed E-state index contributed by atoms with van der Waals surface area (Å²) in [5, 5.41) is 8.82. The minimum absolute atomic E-state index is 0.0146. The zero-order chi connectivity index (χ0) is 15.3. The Balaban J connectivity index is 3.33. The number of halogens is 3. The van der Waals surface area contributed by atoms with Gasteiger partial charge in [-0.2, -0.15) is 13.2 Å². The van der Waals surface area contributed by atoms with E-state index in [0.717, 1.165) is 18.2 Å². The first-order chi connectivity index (χ1) is 9.29. The zero-order valence-corrected chi connectivity index (χ0v) is 11.1. The van der Waals surface area contributed by atoms with Gasteiger partial charge in [0, 0.05) is 11.6 Å². The van der Waals surface area contributed by atoms with Gasteiger partial charge in [0.1, 0.15) is 5.75 Å². The Morgan fingerprint density at radius 2 is 2.05 bits per heavy atom. The SMILES string of the molecule is CCC/C(=C\C(=O)O)c1ccc(C(F)(F)F)cc1OC. The minimum atomic E-state index is -4.47. The van der Waals surface area contributed by atoms with Crippen molar-refractivity contribution in [3.05, 3.63) is 35.4 Å². The number of carbonyl (C=O) groups is 1. The van der Waals surface area contributed by atoms with Gasteiger partial charge in [-0.3, -0.25) is 0 Å². The van der Waals surface area contributed by atoms with E-state index in [0.29, 0.717) is 24.0 Å². The van der Waals surface area contributed by atoms with Gasteiger partial charge < -0.3 is 9.84 Å². The molecule has 0 aromatic heterocycles. The van der Waals surface area contributed by atoms with Crippen molar-refractivity contribution in [3.8, 4) is 5.75 Å². The lowest BCUT2D eigenvalue weighted by Crippen LogP contribution is -2.06. The van der Waals surface area contributed by atoms with Gasteiger partial charge in [-0.15, -0.1) is 0 Å². The molecule has 0 aliphatic rings. The Labute approximate surface area is 114 Å². The van der Waals surface area contributed by atoms with Gasteiger partial charge in [0.15, 0.2) is 0 Å². The van der Waals surface area contributed by atoms with Crippen LogP contribution < -0.4 is 4.74 Å². The first-order valence-electron chi connectivity index (χ1n) is 5.98. The molecule has 110 valence electrons. The molecule has 20 heavy (non-hydrogen) atoms. The van der Waals surface area contributed by atoms with Crippen LogP contribution in [0, 0.1) is 0 Å². The highest BCUT2D eigenvalue weighted by Gasteiger charge is 2.31. The predicted molar refractivity (Wildman–Crippen MR) is 68.5 cm³/mol. The molecule has 0 amide bonds. The number of aliphatic carboxylic acids is 1. The topological polar surface area (TPSA) is 46.5 Å². The van der Waals surface area contributed by atoms with Crippen LogP contribution in [0.15, 0.2) is 24.3 Å². The molecule has 0 heterocycles. The maximum Gasteiger partial charge on any atom is 0.416 e. The molecule has 0 saturated carbocycles. The van der Waals surface area contributed by atoms with Crippen molar-refractivity contribution < 1.29 is 27.8 Å². The number of hydrogen-bond donors (Lipinski definition) is 1. The molecule has 0 fully saturated rings. The molecule has 0 aliphatic heterocycles. The van der Waals surface area contributed by atoms with Crippen LogP contribution in [-0.4, -0.2) is 18.2 Å². The summed E-state index contributed by atoms with van der Waals surface area (Å²) in [5.41, 5.74) is -0.0282. The molecule has 0 aliphatic carbocycles. The molecule has 0 saturated heterocycles. The number of allylic oxidation sites excluding steroid dienone is 1. The lowest BCUT2D eigenvalue weighted by molar-refractivity contribution is -0.137. The monoisotopic (exact) mass is 288 g/mol. The molecule has 6 heteroatoms. The summed E-state index contributed by atoms with van der Waals surface area (Å²) >= 11 is 0. The number of methoxy groups -OCH3 is 1. The van der Waals surface area contributed by atoms with Crippen LogP contribution >= 0.6 is 0 Å². The van der Waals surface area contributed by atoms with Crippen LogP contribution in [0.3, 0.4) is 0 Å². The summed E-state index contributed by atoms with van der Waals surface area (Å²) in [6, 6.07) is 3.04. The van der Waals surface area contributed by atoms with E-state index in [-0.39, 0.29) is 5.75 Å². The van der Waals surface area contributed by atoms with Gasteiger partial charge in [0.25, 0.3) is 0 Å². The van der Waals surface area contributed by atoms with Gasteiger partial charge in [-0.25, -0.2) is 4.79 Å². The Hall–Kier alpha value is -1.98. The number of rotatable bonds is 5. The molecular formula is C14H15F3O3. The van der Waals surface area contributed by atoms with Crippen LogP contribution in [-0.2, 0) is 11.0 Å². The van der Waals surface area contributed by atoms with E-state index in [1.54, 1.807) is 0 Å². The molecule has 0 spiro atoms. The number of alkyl halides is 3. The maximum absolute atomic E-state index is 12.6. The highest BCUT2D eigenvalue weighted by molar-refractivity contribution is 5.91. The summed E-state index contributed by atoms with van der Waals surface area (Å²) in [5.74, 6) is -1.13. The van der Waals surface area contributed by atoms with Crippen molar-refractivity contribution in [2.75, 3.05) is 7.11 Å². The lowest BCUT2D eigenvalue weighted by Gasteiger charge is -2.14. The fourth-order valence-corrected chi connectivity index (χ4v) is 1.84. The van der Waals surface area contributed by atoms with Crippen LogP contribution in [0.2, 0.25) is 0 Å². The molecule has 3 nitrogen and oxygen atoms in total. The first-order valence-corrected chi connectivity index (χ1v) is 5.98. The molecule has 1 rings (SSSR count). The van der Waals surface area contributed by atoms with Crippen molar-refractivity contribution >= 4 is 11.5 Å². The van der Waals surface area contributed by atoms with Crippen molar-refractivity contribution in [1.29, 1.82) is 0 Å². The molecule has 1 aromatic carbocycles. The fraction of sp³-hybridized carbons (Fsp3) is 0.357. The second kappa shape index (κ2) is 6.45. The van der Waals surface area contributed by atoms with E-state index in [1.807, 2.05) is 6.92 Å². The second-order valence-electron chi connectivity index (χ2n) is 4.17. The van der Waals surface area contributed by atoms with Crippen molar-refractivity contribution in [2.24, 2.45) is 0 Å². The summed E-state index contributed by atoms with van der Waals surface area (Å²) < 4.78 is 42.8. The fourth-order valence-electron chi connectivity index (χ4n) is 1.84. The van der Waals surface area contributed by atoms with E-state index in [9.17, 15) is 18.0 Å². The van der Waals surface area contributed by atoms with E-state index < -0.39 is 17.7 Å². The Morgan fingerprint density at radius 3 is 2.50 bits per heavy atom. The predicted octanol–water partition coefficient (Wildman–Crippen LogP) is 3.98. The zero-order valence-electron chi connectivity index (χ0n) is 11.1. The smallest absolute Gasteiger partial charge is 0.416 e. The highest BCUT2D eigenvalue weighted by Crippen LogP contribution is 2.36. The second-order valence-corrected chi connectivity index (χ2v) is 4.17. The van der Waals surface area contributed by atoms with Crippen LogP contribution in [0.25, 0.3) is 5.57 Å². The third-order valence-electron chi connectivity index (χ3n) is 2.69. The first kappa shape index (κ1) is 16.1. The molecular weight excluding hydrogens is 273 g/mol. The largest absolute Gasteiger partial charge is 0.496 e. The minimum Gasteiger partial charge on any atom is -0.496 e. The van der Waals surface area contributed by atoms with Crippen LogP contribution in [0.5, 0.6) is 5.75 Å². The van der Waals surface area contributed by atoms with Gasteiger partial charge in [-0.1, -0.05) is 19.4 Å². The molecule has 0 unspecified atom stereocenters. The van der Waals surface area contributed by atoms with E-state index in [1.165, 1.54) is 13.2 Å². The van der Waals surface area contributed by atoms with Gasteiger partial charge in [-0.05, 0) is 24.1 Å². The molecule has 1 aromatic rings. The number of ether oxygens (including phenoxy) is 1. The highest BCUT2D eigenvalue weighted by atomic mass is 19.4. The van der Waals surface area contributed by atoms with Crippen molar-refractivity contribution in [1.82, 2.24) is 0 Å². The summed E-state index contributed by atoms with van der Waals surface area (Å²) in [6.45, 7) is 1.85. The quantitative estimate of drug-likeness (QED) is 0.833. The van der Waals surface area contributed by atoms with Crippen LogP contribution in [0.1, 0.15) is 30.9 Å². The Kier molecular flexibility index (Phi) is 5.19. The van der Waals surface area contributed by atoms with Gasteiger partial charge in [0.2, 0.25) is 0 Å². The number of carboxylic acids is 1. The summed E-state index contributed by atoms with van der Waals surface area (Å²) in [7, 11) is 1.25. The summed E-state index contributed by atoms with van der Waals surface area (Å²) in [6.07, 6.45) is -2.36. The number of carboxylic acid groups (broad SMARTS) is 1. The average Bonchev–Trinajstić information content (AvgIpc) is 2.36. The molecule has 0 bridgehead atoms. The molecule has 0 radical (unpaired) electrons. The Morgan fingerprint density at radius 1 is 1.40 bits per heavy atom. The molecule has 0 atom stereocenters. The third kappa shape index (κ3) is 4.01. The third-order valence-corrected chi connectivity index (χ3v) is 2.69. The van der Waals surface area contributed by atoms with Crippen molar-refractivity contribution in [3.63, 3.8) is 0 Å². The van der Waals surface area contributed by atoms with E-state index >= 15 is 0 Å². The Bertz CT molecular complexity index is 519. The normalized spacial score (nSPS) is 12.3. The van der Waals surface area contributed by atoms with E-state index in [2.05, 4.69) is 0 Å². The summed E-state index contributed by atoms with van der Waals surface area (Å²) in [4.78, 5) is 10.8.